The quantitative estimate of drug-likeness (QED) is 0.158. The average molecular weight is 471 g/mol. The summed E-state index contributed by atoms with van der Waals surface area (Å²) in [6, 6.07) is 27.9. The Morgan fingerprint density at radius 3 is 2.21 bits per heavy atom. The fourth-order valence-corrected chi connectivity index (χ4v) is 3.65. The van der Waals surface area contributed by atoms with E-state index in [-0.39, 0.29) is 5.91 Å². The number of ether oxygens (including phenoxy) is 2. The van der Waals surface area contributed by atoms with E-state index < -0.39 is 12.1 Å². The van der Waals surface area contributed by atoms with Gasteiger partial charge in [0.2, 0.25) is 0 Å². The van der Waals surface area contributed by atoms with Crippen LogP contribution in [0.5, 0.6) is 11.5 Å². The Hall–Kier alpha value is -4.23. The lowest BCUT2D eigenvalue weighted by Gasteiger charge is -2.13. The summed E-state index contributed by atoms with van der Waals surface area (Å²) < 4.78 is 11.0. The van der Waals surface area contributed by atoms with Gasteiger partial charge in [-0.25, -0.2) is 10.2 Å². The fraction of sp³-hybridized carbons (Fsp3) is 0.0741. The second kappa shape index (κ2) is 11.1. The summed E-state index contributed by atoms with van der Waals surface area (Å²) in [5, 5.41) is 5.80. The molecule has 1 unspecified atom stereocenters. The number of rotatable bonds is 8. The number of hydrogen-bond donors (Lipinski definition) is 1. The largest absolute Gasteiger partial charge is 0.481 e. The standard InChI is InChI=1S/C27H22N2O4S/c1-19(32-23-15-11-22(12-16-23)21-6-3-2-4-7-21)26(30)29-28-18-20-9-13-24(14-10-20)33-27(31)25-8-5-17-34-25/h2-19H,1H3,(H,29,30). The number of thiophene rings is 1. The Morgan fingerprint density at radius 1 is 0.853 bits per heavy atom. The summed E-state index contributed by atoms with van der Waals surface area (Å²) in [5.74, 6) is 0.260. The molecule has 1 aromatic heterocycles. The molecule has 0 aliphatic heterocycles. The molecular formula is C27H22N2O4S. The second-order valence-corrected chi connectivity index (χ2v) is 8.27. The van der Waals surface area contributed by atoms with Crippen LogP contribution in [0.2, 0.25) is 0 Å². The molecule has 0 radical (unpaired) electrons. The summed E-state index contributed by atoms with van der Waals surface area (Å²) in [6.45, 7) is 1.66. The van der Waals surface area contributed by atoms with Gasteiger partial charge in [0, 0.05) is 0 Å². The van der Waals surface area contributed by atoms with E-state index in [9.17, 15) is 9.59 Å². The maximum atomic E-state index is 12.3. The third-order valence-electron chi connectivity index (χ3n) is 4.84. The van der Waals surface area contributed by atoms with Crippen LogP contribution in [0.1, 0.15) is 22.2 Å². The Labute approximate surface area is 201 Å². The van der Waals surface area contributed by atoms with Gasteiger partial charge in [0.25, 0.3) is 5.91 Å². The van der Waals surface area contributed by atoms with Crippen LogP contribution in [0.25, 0.3) is 11.1 Å². The molecule has 0 saturated heterocycles. The van der Waals surface area contributed by atoms with Crippen LogP contribution in [0.3, 0.4) is 0 Å². The first-order chi connectivity index (χ1) is 16.6. The zero-order valence-corrected chi connectivity index (χ0v) is 19.2. The number of carbonyl (C=O) groups is 2. The van der Waals surface area contributed by atoms with Gasteiger partial charge in [0.1, 0.15) is 16.4 Å². The molecule has 0 aliphatic carbocycles. The van der Waals surface area contributed by atoms with Crippen molar-refractivity contribution in [2.45, 2.75) is 13.0 Å². The minimum Gasteiger partial charge on any atom is -0.481 e. The van der Waals surface area contributed by atoms with Gasteiger partial charge in [0.15, 0.2) is 6.10 Å². The molecule has 34 heavy (non-hydrogen) atoms. The molecule has 7 heteroatoms. The summed E-state index contributed by atoms with van der Waals surface area (Å²) >= 11 is 1.32. The van der Waals surface area contributed by atoms with Crippen LogP contribution in [0.4, 0.5) is 0 Å². The van der Waals surface area contributed by atoms with Crippen molar-refractivity contribution in [1.82, 2.24) is 5.43 Å². The lowest BCUT2D eigenvalue weighted by Crippen LogP contribution is -2.33. The molecule has 0 bridgehead atoms. The molecule has 170 valence electrons. The van der Waals surface area contributed by atoms with Gasteiger partial charge in [-0.2, -0.15) is 5.10 Å². The topological polar surface area (TPSA) is 77.0 Å². The monoisotopic (exact) mass is 470 g/mol. The molecule has 6 nitrogen and oxygen atoms in total. The Bertz CT molecular complexity index is 1250. The van der Waals surface area contributed by atoms with Gasteiger partial charge in [-0.15, -0.1) is 11.3 Å². The van der Waals surface area contributed by atoms with E-state index in [2.05, 4.69) is 10.5 Å². The second-order valence-electron chi connectivity index (χ2n) is 7.32. The van der Waals surface area contributed by atoms with E-state index in [1.807, 2.05) is 60.0 Å². The van der Waals surface area contributed by atoms with Crippen molar-refractivity contribution in [3.8, 4) is 22.6 Å². The van der Waals surface area contributed by atoms with Crippen molar-refractivity contribution in [2.24, 2.45) is 5.10 Å². The van der Waals surface area contributed by atoms with Gasteiger partial charge in [-0.05, 0) is 71.5 Å². The summed E-state index contributed by atoms with van der Waals surface area (Å²) in [5.41, 5.74) is 5.40. The lowest BCUT2D eigenvalue weighted by molar-refractivity contribution is -0.127. The first-order valence-corrected chi connectivity index (χ1v) is 11.5. The van der Waals surface area contributed by atoms with Crippen molar-refractivity contribution in [2.75, 3.05) is 0 Å². The van der Waals surface area contributed by atoms with Crippen molar-refractivity contribution in [3.05, 3.63) is 107 Å². The van der Waals surface area contributed by atoms with Crippen LogP contribution >= 0.6 is 11.3 Å². The maximum Gasteiger partial charge on any atom is 0.353 e. The molecule has 0 fully saturated rings. The Kier molecular flexibility index (Phi) is 7.47. The molecule has 0 aliphatic rings. The van der Waals surface area contributed by atoms with Crippen LogP contribution in [0.15, 0.2) is 101 Å². The number of esters is 1. The van der Waals surface area contributed by atoms with Gasteiger partial charge < -0.3 is 9.47 Å². The molecule has 1 amide bonds. The smallest absolute Gasteiger partial charge is 0.353 e. The van der Waals surface area contributed by atoms with E-state index >= 15 is 0 Å². The molecule has 0 spiro atoms. The van der Waals surface area contributed by atoms with Crippen LogP contribution in [-0.4, -0.2) is 24.2 Å². The van der Waals surface area contributed by atoms with E-state index in [1.165, 1.54) is 17.6 Å². The SMILES string of the molecule is CC(Oc1ccc(-c2ccccc2)cc1)C(=O)NN=Cc1ccc(OC(=O)c2cccs2)cc1. The van der Waals surface area contributed by atoms with Crippen molar-refractivity contribution in [3.63, 3.8) is 0 Å². The highest BCUT2D eigenvalue weighted by Gasteiger charge is 2.14. The number of nitrogens with zero attached hydrogens (tertiary/aromatic N) is 1. The fourth-order valence-electron chi connectivity index (χ4n) is 3.05. The molecule has 4 aromatic rings. The first kappa shape index (κ1) is 22.9. The highest BCUT2D eigenvalue weighted by Crippen LogP contribution is 2.22. The molecule has 1 atom stereocenters. The normalized spacial score (nSPS) is 11.7. The van der Waals surface area contributed by atoms with E-state index in [0.29, 0.717) is 16.4 Å². The highest BCUT2D eigenvalue weighted by atomic mass is 32.1. The number of carbonyl (C=O) groups excluding carboxylic acids is 2. The maximum absolute atomic E-state index is 12.3. The zero-order valence-electron chi connectivity index (χ0n) is 18.4. The first-order valence-electron chi connectivity index (χ1n) is 10.6. The summed E-state index contributed by atoms with van der Waals surface area (Å²) in [7, 11) is 0. The van der Waals surface area contributed by atoms with Crippen LogP contribution < -0.4 is 14.9 Å². The average Bonchev–Trinajstić information content (AvgIpc) is 3.41. The Morgan fingerprint density at radius 2 is 1.53 bits per heavy atom. The third-order valence-corrected chi connectivity index (χ3v) is 5.69. The molecule has 1 heterocycles. The predicted molar refractivity (Wildman–Crippen MR) is 133 cm³/mol. The zero-order chi connectivity index (χ0) is 23.8. The Balaban J connectivity index is 1.25. The summed E-state index contributed by atoms with van der Waals surface area (Å²) in [4.78, 5) is 24.8. The minimum absolute atomic E-state index is 0.370. The van der Waals surface area contributed by atoms with Crippen molar-refractivity contribution in [1.29, 1.82) is 0 Å². The predicted octanol–water partition coefficient (Wildman–Crippen LogP) is 5.55. The van der Waals surface area contributed by atoms with Gasteiger partial charge in [-0.1, -0.05) is 48.5 Å². The van der Waals surface area contributed by atoms with Gasteiger partial charge in [0.05, 0.1) is 6.21 Å². The van der Waals surface area contributed by atoms with Gasteiger partial charge >= 0.3 is 5.97 Å². The molecule has 1 N–H and O–H groups in total. The number of amides is 1. The van der Waals surface area contributed by atoms with Crippen LogP contribution in [0, 0.1) is 0 Å². The molecule has 3 aromatic carbocycles. The van der Waals surface area contributed by atoms with E-state index in [4.69, 9.17) is 9.47 Å². The van der Waals surface area contributed by atoms with Gasteiger partial charge in [-0.3, -0.25) is 4.79 Å². The number of benzene rings is 3. The number of hydrazone groups is 1. The third kappa shape index (κ3) is 6.17. The van der Waals surface area contributed by atoms with Crippen LogP contribution in [-0.2, 0) is 4.79 Å². The van der Waals surface area contributed by atoms with Crippen molar-refractivity contribution >= 4 is 29.4 Å². The molecule has 0 saturated carbocycles. The molecular weight excluding hydrogens is 448 g/mol. The summed E-state index contributed by atoms with van der Waals surface area (Å²) in [6.07, 6.45) is 0.781. The lowest BCUT2D eigenvalue weighted by atomic mass is 10.1. The van der Waals surface area contributed by atoms with E-state index in [1.54, 1.807) is 43.3 Å². The molecule has 4 rings (SSSR count). The number of hydrogen-bond acceptors (Lipinski definition) is 6. The number of nitrogens with one attached hydrogen (secondary N) is 1. The minimum atomic E-state index is -0.723. The van der Waals surface area contributed by atoms with E-state index in [0.717, 1.165) is 16.7 Å². The van der Waals surface area contributed by atoms with Crippen molar-refractivity contribution < 1.29 is 19.1 Å². The highest BCUT2D eigenvalue weighted by molar-refractivity contribution is 7.12.